The molecule has 1 aromatic carbocycles. The summed E-state index contributed by atoms with van der Waals surface area (Å²) in [7, 11) is 0. The molecule has 1 fully saturated rings. The Labute approximate surface area is 170 Å². The van der Waals surface area contributed by atoms with E-state index in [0.717, 1.165) is 26.1 Å². The first-order chi connectivity index (χ1) is 13.7. The van der Waals surface area contributed by atoms with E-state index >= 15 is 0 Å². The van der Waals surface area contributed by atoms with Crippen molar-refractivity contribution in [2.45, 2.75) is 77.7 Å². The van der Waals surface area contributed by atoms with Crippen molar-refractivity contribution in [2.24, 2.45) is 0 Å². The van der Waals surface area contributed by atoms with Crippen LogP contribution >= 0.6 is 0 Å². The number of likely N-dealkylation sites (tertiary alicyclic amines) is 1. The minimum Gasteiger partial charge on any atom is -0.491 e. The van der Waals surface area contributed by atoms with Crippen molar-refractivity contribution >= 4 is 11.8 Å². The Hall–Kier alpha value is -1.75. The molecule has 1 aliphatic heterocycles. The number of benzene rings is 1. The standard InChI is InChI=1S/C23H38N2O3/c1-3-4-5-6-7-13-18-27-22-15-10-9-14-21(22)24-23(26)28-20(2)19-25-16-11-8-12-17-25/h9-10,14-15,20H,3-8,11-13,16-19H2,1-2H3,(H,24,26)/t20-/m1/s1. The second-order valence-corrected chi connectivity index (χ2v) is 7.81. The highest BCUT2D eigenvalue weighted by atomic mass is 16.6. The predicted octanol–water partition coefficient (Wildman–Crippen LogP) is 5.85. The molecule has 1 saturated heterocycles. The summed E-state index contributed by atoms with van der Waals surface area (Å²) in [5.74, 6) is 0.705. The van der Waals surface area contributed by atoms with Gasteiger partial charge in [-0.1, -0.05) is 57.6 Å². The van der Waals surface area contributed by atoms with Gasteiger partial charge in [0, 0.05) is 6.54 Å². The van der Waals surface area contributed by atoms with Crippen LogP contribution in [0.15, 0.2) is 24.3 Å². The van der Waals surface area contributed by atoms with Crippen LogP contribution in [0.4, 0.5) is 10.5 Å². The predicted molar refractivity (Wildman–Crippen MR) is 115 cm³/mol. The van der Waals surface area contributed by atoms with Crippen LogP contribution in [0.5, 0.6) is 5.75 Å². The van der Waals surface area contributed by atoms with Crippen molar-refractivity contribution in [3.63, 3.8) is 0 Å². The number of hydrogen-bond donors (Lipinski definition) is 1. The summed E-state index contributed by atoms with van der Waals surface area (Å²) in [5.41, 5.74) is 0.670. The molecule has 1 aliphatic rings. The third kappa shape index (κ3) is 8.96. The first-order valence-corrected chi connectivity index (χ1v) is 11.1. The molecule has 1 aromatic rings. The lowest BCUT2D eigenvalue weighted by Gasteiger charge is -2.28. The largest absolute Gasteiger partial charge is 0.491 e. The number of anilines is 1. The second kappa shape index (κ2) is 13.4. The van der Waals surface area contributed by atoms with E-state index in [2.05, 4.69) is 17.1 Å². The molecule has 1 N–H and O–H groups in total. The van der Waals surface area contributed by atoms with Crippen LogP contribution in [-0.4, -0.2) is 43.3 Å². The summed E-state index contributed by atoms with van der Waals surface area (Å²) in [6.45, 7) is 7.85. The summed E-state index contributed by atoms with van der Waals surface area (Å²) in [5, 5.41) is 2.84. The molecular weight excluding hydrogens is 352 g/mol. The van der Waals surface area contributed by atoms with Gasteiger partial charge >= 0.3 is 6.09 Å². The zero-order chi connectivity index (χ0) is 20.0. The number of carbonyl (C=O) groups excluding carboxylic acids is 1. The molecule has 0 aromatic heterocycles. The maximum absolute atomic E-state index is 12.3. The number of amides is 1. The Morgan fingerprint density at radius 3 is 2.57 bits per heavy atom. The van der Waals surface area contributed by atoms with E-state index in [4.69, 9.17) is 9.47 Å². The first kappa shape index (κ1) is 22.5. The number of hydrogen-bond acceptors (Lipinski definition) is 4. The molecule has 2 rings (SSSR count). The Morgan fingerprint density at radius 1 is 1.07 bits per heavy atom. The fourth-order valence-corrected chi connectivity index (χ4v) is 3.63. The van der Waals surface area contributed by atoms with Gasteiger partial charge in [0.25, 0.3) is 0 Å². The van der Waals surface area contributed by atoms with Gasteiger partial charge in [-0.15, -0.1) is 0 Å². The van der Waals surface area contributed by atoms with E-state index < -0.39 is 6.09 Å². The molecule has 0 unspecified atom stereocenters. The highest BCUT2D eigenvalue weighted by Crippen LogP contribution is 2.24. The van der Waals surface area contributed by atoms with Gasteiger partial charge in [-0.2, -0.15) is 0 Å². The molecule has 5 nitrogen and oxygen atoms in total. The van der Waals surface area contributed by atoms with E-state index in [1.807, 2.05) is 31.2 Å². The molecule has 0 aliphatic carbocycles. The molecule has 1 heterocycles. The molecule has 1 atom stereocenters. The number of nitrogens with zero attached hydrogens (tertiary/aromatic N) is 1. The summed E-state index contributed by atoms with van der Waals surface area (Å²) in [6.07, 6.45) is 10.6. The van der Waals surface area contributed by atoms with E-state index in [-0.39, 0.29) is 6.10 Å². The fraction of sp³-hybridized carbons (Fsp3) is 0.696. The normalized spacial score (nSPS) is 15.8. The zero-order valence-electron chi connectivity index (χ0n) is 17.8. The molecule has 0 spiro atoms. The summed E-state index contributed by atoms with van der Waals surface area (Å²) in [6, 6.07) is 7.56. The number of carbonyl (C=O) groups is 1. The highest BCUT2D eigenvalue weighted by Gasteiger charge is 2.17. The van der Waals surface area contributed by atoms with Gasteiger partial charge in [0.2, 0.25) is 0 Å². The SMILES string of the molecule is CCCCCCCCOc1ccccc1NC(=O)O[C@H](C)CN1CCCCC1. The molecule has 0 saturated carbocycles. The monoisotopic (exact) mass is 390 g/mol. The lowest BCUT2D eigenvalue weighted by molar-refractivity contribution is 0.0832. The number of ether oxygens (including phenoxy) is 2. The highest BCUT2D eigenvalue weighted by molar-refractivity contribution is 5.86. The molecular formula is C23H38N2O3. The topological polar surface area (TPSA) is 50.8 Å². The average Bonchev–Trinajstić information content (AvgIpc) is 2.69. The summed E-state index contributed by atoms with van der Waals surface area (Å²) < 4.78 is 11.4. The molecule has 158 valence electrons. The van der Waals surface area contributed by atoms with Gasteiger partial charge < -0.3 is 9.47 Å². The van der Waals surface area contributed by atoms with Crippen LogP contribution in [0.25, 0.3) is 0 Å². The van der Waals surface area contributed by atoms with Crippen LogP contribution in [0.1, 0.15) is 71.6 Å². The van der Waals surface area contributed by atoms with E-state index in [0.29, 0.717) is 18.0 Å². The van der Waals surface area contributed by atoms with E-state index in [1.165, 1.54) is 51.4 Å². The molecule has 5 heteroatoms. The molecule has 28 heavy (non-hydrogen) atoms. The number of unbranched alkanes of at least 4 members (excludes halogenated alkanes) is 5. The van der Waals surface area contributed by atoms with Gasteiger partial charge in [0.1, 0.15) is 11.9 Å². The molecule has 0 bridgehead atoms. The van der Waals surface area contributed by atoms with Crippen molar-refractivity contribution in [3.05, 3.63) is 24.3 Å². The molecule has 1 amide bonds. The van der Waals surface area contributed by atoms with Gasteiger partial charge in [-0.05, 0) is 51.4 Å². The maximum Gasteiger partial charge on any atom is 0.412 e. The summed E-state index contributed by atoms with van der Waals surface area (Å²) in [4.78, 5) is 14.7. The van der Waals surface area contributed by atoms with Crippen LogP contribution in [0.3, 0.4) is 0 Å². The minimum atomic E-state index is -0.417. The van der Waals surface area contributed by atoms with Gasteiger partial charge in [-0.25, -0.2) is 4.79 Å². The van der Waals surface area contributed by atoms with Crippen LogP contribution in [-0.2, 0) is 4.74 Å². The third-order valence-electron chi connectivity index (χ3n) is 5.15. The van der Waals surface area contributed by atoms with Crippen molar-refractivity contribution in [3.8, 4) is 5.75 Å². The van der Waals surface area contributed by atoms with Crippen molar-refractivity contribution in [2.75, 3.05) is 31.6 Å². The van der Waals surface area contributed by atoms with Crippen molar-refractivity contribution < 1.29 is 14.3 Å². The van der Waals surface area contributed by atoms with E-state index in [9.17, 15) is 4.79 Å². The van der Waals surface area contributed by atoms with Gasteiger partial charge in [0.05, 0.1) is 12.3 Å². The minimum absolute atomic E-state index is 0.130. The number of para-hydroxylation sites is 2. The third-order valence-corrected chi connectivity index (χ3v) is 5.15. The average molecular weight is 391 g/mol. The smallest absolute Gasteiger partial charge is 0.412 e. The second-order valence-electron chi connectivity index (χ2n) is 7.81. The van der Waals surface area contributed by atoms with Crippen LogP contribution < -0.4 is 10.1 Å². The Balaban J connectivity index is 1.71. The first-order valence-electron chi connectivity index (χ1n) is 11.1. The van der Waals surface area contributed by atoms with Crippen molar-refractivity contribution in [1.82, 2.24) is 4.90 Å². The maximum atomic E-state index is 12.3. The quantitative estimate of drug-likeness (QED) is 0.455. The summed E-state index contributed by atoms with van der Waals surface area (Å²) >= 11 is 0. The Morgan fingerprint density at radius 2 is 1.79 bits per heavy atom. The molecule has 0 radical (unpaired) electrons. The zero-order valence-corrected chi connectivity index (χ0v) is 17.8. The lowest BCUT2D eigenvalue weighted by atomic mass is 10.1. The lowest BCUT2D eigenvalue weighted by Crippen LogP contribution is -2.37. The fourth-order valence-electron chi connectivity index (χ4n) is 3.63. The number of piperidine rings is 1. The Kier molecular flexibility index (Phi) is 10.8. The van der Waals surface area contributed by atoms with Crippen molar-refractivity contribution in [1.29, 1.82) is 0 Å². The van der Waals surface area contributed by atoms with Crippen LogP contribution in [0, 0.1) is 0 Å². The Bertz CT molecular complexity index is 559. The number of nitrogens with one attached hydrogen (secondary N) is 1. The number of rotatable bonds is 12. The van der Waals surface area contributed by atoms with E-state index in [1.54, 1.807) is 0 Å². The van der Waals surface area contributed by atoms with Gasteiger partial charge in [0.15, 0.2) is 0 Å². The van der Waals surface area contributed by atoms with Gasteiger partial charge in [-0.3, -0.25) is 10.2 Å². The van der Waals surface area contributed by atoms with Crippen LogP contribution in [0.2, 0.25) is 0 Å².